The second-order valence-electron chi connectivity index (χ2n) is 3.25. The van der Waals surface area contributed by atoms with Gasteiger partial charge in [-0.25, -0.2) is 0 Å². The smallest absolute Gasteiger partial charge is 0.130 e. The van der Waals surface area contributed by atoms with Crippen LogP contribution in [-0.2, 0) is 6.54 Å². The van der Waals surface area contributed by atoms with Crippen LogP contribution < -0.4 is 10.5 Å². The summed E-state index contributed by atoms with van der Waals surface area (Å²) in [5.74, 6) is 1.58. The van der Waals surface area contributed by atoms with Crippen LogP contribution in [0.4, 0.5) is 0 Å². The zero-order valence-electron chi connectivity index (χ0n) is 8.56. The maximum Gasteiger partial charge on any atom is 0.130 e. The largest absolute Gasteiger partial charge is 0.457 e. The Balaban J connectivity index is 2.20. The van der Waals surface area contributed by atoms with Gasteiger partial charge in [0.25, 0.3) is 0 Å². The van der Waals surface area contributed by atoms with E-state index < -0.39 is 0 Å². The summed E-state index contributed by atoms with van der Waals surface area (Å²) in [5.41, 5.74) is 6.34. The first-order valence-electron chi connectivity index (χ1n) is 4.86. The third-order valence-corrected chi connectivity index (χ3v) is 2.70. The van der Waals surface area contributed by atoms with E-state index >= 15 is 0 Å². The van der Waals surface area contributed by atoms with Gasteiger partial charge in [0.2, 0.25) is 0 Å². The first-order chi connectivity index (χ1) is 7.78. The van der Waals surface area contributed by atoms with Gasteiger partial charge in [-0.15, -0.1) is 0 Å². The Morgan fingerprint density at radius 1 is 1.19 bits per heavy atom. The highest BCUT2D eigenvalue weighted by Gasteiger charge is 1.99. The number of hydrogen-bond donors (Lipinski definition) is 1. The van der Waals surface area contributed by atoms with E-state index in [-0.39, 0.29) is 0 Å². The molecule has 0 bridgehead atoms. The number of rotatable bonds is 3. The van der Waals surface area contributed by atoms with E-state index in [1.807, 2.05) is 36.4 Å². The van der Waals surface area contributed by atoms with Crippen molar-refractivity contribution in [2.45, 2.75) is 6.54 Å². The van der Waals surface area contributed by atoms with E-state index in [1.54, 1.807) is 6.20 Å². The van der Waals surface area contributed by atoms with Crippen molar-refractivity contribution in [3.8, 4) is 11.5 Å². The average molecular weight is 326 g/mol. The molecule has 4 heteroatoms. The number of ether oxygens (including phenoxy) is 1. The topological polar surface area (TPSA) is 48.1 Å². The van der Waals surface area contributed by atoms with Crippen molar-refractivity contribution < 1.29 is 4.74 Å². The molecule has 2 rings (SSSR count). The molecule has 0 saturated heterocycles. The van der Waals surface area contributed by atoms with E-state index in [2.05, 4.69) is 27.6 Å². The summed E-state index contributed by atoms with van der Waals surface area (Å²) in [6.45, 7) is 0.420. The van der Waals surface area contributed by atoms with Gasteiger partial charge in [-0.2, -0.15) is 0 Å². The van der Waals surface area contributed by atoms with Crippen LogP contribution >= 0.6 is 22.6 Å². The Bertz CT molecular complexity index is 488. The van der Waals surface area contributed by atoms with Crippen LogP contribution in [0.2, 0.25) is 0 Å². The van der Waals surface area contributed by atoms with Crippen molar-refractivity contribution >= 4 is 22.6 Å². The third-order valence-electron chi connectivity index (χ3n) is 2.03. The minimum absolute atomic E-state index is 0.420. The van der Waals surface area contributed by atoms with Gasteiger partial charge in [0.15, 0.2) is 0 Å². The second kappa shape index (κ2) is 5.27. The van der Waals surface area contributed by atoms with Crippen LogP contribution in [0.5, 0.6) is 11.5 Å². The summed E-state index contributed by atoms with van der Waals surface area (Å²) in [7, 11) is 0. The highest BCUT2D eigenvalue weighted by molar-refractivity contribution is 14.1. The lowest BCUT2D eigenvalue weighted by Gasteiger charge is -2.06. The molecule has 0 spiro atoms. The maximum atomic E-state index is 5.70. The molecule has 2 N–H and O–H groups in total. The zero-order valence-corrected chi connectivity index (χ0v) is 10.7. The van der Waals surface area contributed by atoms with Crippen molar-refractivity contribution in [1.82, 2.24) is 4.98 Å². The second-order valence-corrected chi connectivity index (χ2v) is 4.49. The number of benzene rings is 1. The van der Waals surface area contributed by atoms with E-state index in [9.17, 15) is 0 Å². The molecule has 1 aromatic carbocycles. The number of hydrogen-bond acceptors (Lipinski definition) is 3. The van der Waals surface area contributed by atoms with Crippen molar-refractivity contribution in [2.75, 3.05) is 0 Å². The molecule has 0 aliphatic heterocycles. The first kappa shape index (κ1) is 11.3. The molecule has 0 radical (unpaired) electrons. The van der Waals surface area contributed by atoms with E-state index in [0.717, 1.165) is 20.8 Å². The Kier molecular flexibility index (Phi) is 3.74. The molecule has 0 unspecified atom stereocenters. The van der Waals surface area contributed by atoms with Gasteiger partial charge in [-0.05, 0) is 46.9 Å². The van der Waals surface area contributed by atoms with Crippen molar-refractivity contribution in [3.63, 3.8) is 0 Å². The Hall–Kier alpha value is -1.14. The Morgan fingerprint density at radius 2 is 2.00 bits per heavy atom. The fourth-order valence-electron chi connectivity index (χ4n) is 1.30. The molecular weight excluding hydrogens is 315 g/mol. The number of aromatic nitrogens is 1. The van der Waals surface area contributed by atoms with Gasteiger partial charge < -0.3 is 10.5 Å². The standard InChI is InChI=1S/C12H11IN2O/c13-9-2-1-3-11(6-9)16-12-4-5-15-10(7-12)8-14/h1-7H,8,14H2. The van der Waals surface area contributed by atoms with Gasteiger partial charge in [-0.3, -0.25) is 4.98 Å². The average Bonchev–Trinajstić information content (AvgIpc) is 2.29. The molecule has 82 valence electrons. The quantitative estimate of drug-likeness (QED) is 0.883. The summed E-state index contributed by atoms with van der Waals surface area (Å²) in [4.78, 5) is 4.11. The molecule has 0 aliphatic rings. The van der Waals surface area contributed by atoms with Crippen LogP contribution in [0.25, 0.3) is 0 Å². The highest BCUT2D eigenvalue weighted by Crippen LogP contribution is 2.22. The lowest BCUT2D eigenvalue weighted by molar-refractivity contribution is 0.480. The third kappa shape index (κ3) is 2.93. The zero-order chi connectivity index (χ0) is 11.4. The van der Waals surface area contributed by atoms with Crippen LogP contribution in [0.1, 0.15) is 5.69 Å². The molecule has 16 heavy (non-hydrogen) atoms. The lowest BCUT2D eigenvalue weighted by atomic mass is 10.3. The minimum Gasteiger partial charge on any atom is -0.457 e. The van der Waals surface area contributed by atoms with Gasteiger partial charge >= 0.3 is 0 Å². The number of pyridine rings is 1. The summed E-state index contributed by atoms with van der Waals surface area (Å²) in [5, 5.41) is 0. The molecule has 0 aliphatic carbocycles. The maximum absolute atomic E-state index is 5.70. The fourth-order valence-corrected chi connectivity index (χ4v) is 1.81. The summed E-state index contributed by atoms with van der Waals surface area (Å²) < 4.78 is 6.84. The minimum atomic E-state index is 0.420. The molecule has 0 fully saturated rings. The van der Waals surface area contributed by atoms with E-state index in [0.29, 0.717) is 6.54 Å². The van der Waals surface area contributed by atoms with Crippen LogP contribution in [0, 0.1) is 3.57 Å². The summed E-state index contributed by atoms with van der Waals surface area (Å²) in [6.07, 6.45) is 1.70. The highest BCUT2D eigenvalue weighted by atomic mass is 127. The number of halogens is 1. The van der Waals surface area contributed by atoms with Gasteiger partial charge in [0.05, 0.1) is 5.69 Å². The van der Waals surface area contributed by atoms with Crippen LogP contribution in [-0.4, -0.2) is 4.98 Å². The lowest BCUT2D eigenvalue weighted by Crippen LogP contribution is -1.99. The number of nitrogens with two attached hydrogens (primary N) is 1. The molecule has 0 amide bonds. The van der Waals surface area contributed by atoms with Gasteiger partial charge in [-0.1, -0.05) is 6.07 Å². The predicted octanol–water partition coefficient (Wildman–Crippen LogP) is 2.94. The molecular formula is C12H11IN2O. The summed E-state index contributed by atoms with van der Waals surface area (Å²) >= 11 is 2.25. The molecule has 0 atom stereocenters. The van der Waals surface area contributed by atoms with Crippen LogP contribution in [0.3, 0.4) is 0 Å². The Labute approximate surface area is 108 Å². The molecule has 1 heterocycles. The van der Waals surface area contributed by atoms with E-state index in [1.165, 1.54) is 0 Å². The monoisotopic (exact) mass is 326 g/mol. The summed E-state index contributed by atoms with van der Waals surface area (Å²) in [6, 6.07) is 11.5. The van der Waals surface area contributed by atoms with E-state index in [4.69, 9.17) is 10.5 Å². The van der Waals surface area contributed by atoms with Crippen LogP contribution in [0.15, 0.2) is 42.6 Å². The van der Waals surface area contributed by atoms with Crippen molar-refractivity contribution in [3.05, 3.63) is 51.9 Å². The normalized spacial score (nSPS) is 10.1. The van der Waals surface area contributed by atoms with Gasteiger partial charge in [0, 0.05) is 22.4 Å². The molecule has 3 nitrogen and oxygen atoms in total. The number of nitrogens with zero attached hydrogens (tertiary/aromatic N) is 1. The predicted molar refractivity (Wildman–Crippen MR) is 71.4 cm³/mol. The van der Waals surface area contributed by atoms with Crippen molar-refractivity contribution in [2.24, 2.45) is 5.73 Å². The Morgan fingerprint density at radius 3 is 2.75 bits per heavy atom. The SMILES string of the molecule is NCc1cc(Oc2cccc(I)c2)ccn1. The molecule has 1 aromatic heterocycles. The van der Waals surface area contributed by atoms with Crippen molar-refractivity contribution in [1.29, 1.82) is 0 Å². The fraction of sp³-hybridized carbons (Fsp3) is 0.0833. The molecule has 2 aromatic rings. The molecule has 0 saturated carbocycles. The van der Waals surface area contributed by atoms with Gasteiger partial charge in [0.1, 0.15) is 11.5 Å². The first-order valence-corrected chi connectivity index (χ1v) is 5.94.